The lowest BCUT2D eigenvalue weighted by atomic mass is 10.0. The van der Waals surface area contributed by atoms with E-state index in [2.05, 4.69) is 5.32 Å². The molecule has 0 radical (unpaired) electrons. The molecule has 146 valence electrons. The number of benzene rings is 2. The molecule has 29 heavy (non-hydrogen) atoms. The van der Waals surface area contributed by atoms with Crippen LogP contribution in [0.1, 0.15) is 22.2 Å². The molecule has 0 saturated heterocycles. The van der Waals surface area contributed by atoms with Crippen LogP contribution >= 0.6 is 0 Å². The molecule has 0 fully saturated rings. The van der Waals surface area contributed by atoms with Crippen LogP contribution in [0.3, 0.4) is 0 Å². The van der Waals surface area contributed by atoms with Gasteiger partial charge < -0.3 is 9.73 Å². The van der Waals surface area contributed by atoms with Crippen molar-refractivity contribution in [2.24, 2.45) is 0 Å². The second-order valence-corrected chi connectivity index (χ2v) is 7.14. The molecule has 5 heteroatoms. The smallest absolute Gasteiger partial charge is 0.252 e. The van der Waals surface area contributed by atoms with Gasteiger partial charge in [0, 0.05) is 17.5 Å². The number of carbonyl (C=O) groups is 1. The van der Waals surface area contributed by atoms with E-state index >= 15 is 0 Å². The molecule has 1 N–H and O–H groups in total. The summed E-state index contributed by atoms with van der Waals surface area (Å²) in [4.78, 5) is 19.9. The number of fused-ring (bicyclic) bond motifs is 1. The normalized spacial score (nSPS) is 12.2. The van der Waals surface area contributed by atoms with Gasteiger partial charge in [0.1, 0.15) is 5.76 Å². The van der Waals surface area contributed by atoms with E-state index < -0.39 is 0 Å². The number of nitrogens with one attached hydrogen (secondary N) is 1. The highest BCUT2D eigenvalue weighted by atomic mass is 16.3. The molecule has 1 unspecified atom stereocenters. The van der Waals surface area contributed by atoms with Gasteiger partial charge in [-0.25, -0.2) is 4.98 Å². The van der Waals surface area contributed by atoms with Crippen LogP contribution in [-0.2, 0) is 0 Å². The fourth-order valence-electron chi connectivity index (χ4n) is 3.42. The largest absolute Gasteiger partial charge is 0.468 e. The number of amides is 1. The summed E-state index contributed by atoms with van der Waals surface area (Å²) < 4.78 is 5.54. The molecule has 2 aromatic heterocycles. The first-order valence-corrected chi connectivity index (χ1v) is 9.56. The SMILES string of the molecule is CN(C)C(CNC(=O)c1cc(-c2ccccc2)nc2ccccc12)c1ccco1. The first kappa shape index (κ1) is 18.9. The zero-order chi connectivity index (χ0) is 20.2. The topological polar surface area (TPSA) is 58.4 Å². The number of rotatable bonds is 6. The van der Waals surface area contributed by atoms with Gasteiger partial charge in [-0.3, -0.25) is 9.69 Å². The van der Waals surface area contributed by atoms with E-state index in [1.165, 1.54) is 0 Å². The van der Waals surface area contributed by atoms with Crippen LogP contribution in [0.15, 0.2) is 83.5 Å². The monoisotopic (exact) mass is 385 g/mol. The van der Waals surface area contributed by atoms with Crippen LogP contribution in [-0.4, -0.2) is 36.4 Å². The third-order valence-electron chi connectivity index (χ3n) is 4.98. The summed E-state index contributed by atoms with van der Waals surface area (Å²) in [6, 6.07) is 23.2. The van der Waals surface area contributed by atoms with Crippen LogP contribution in [0.2, 0.25) is 0 Å². The maximum atomic E-state index is 13.2. The lowest BCUT2D eigenvalue weighted by molar-refractivity contribution is 0.0940. The molecule has 0 aliphatic carbocycles. The highest BCUT2D eigenvalue weighted by Gasteiger charge is 2.20. The van der Waals surface area contributed by atoms with Crippen molar-refractivity contribution in [3.8, 4) is 11.3 Å². The van der Waals surface area contributed by atoms with Crippen molar-refractivity contribution in [3.63, 3.8) is 0 Å². The number of para-hydroxylation sites is 1. The molecule has 1 amide bonds. The van der Waals surface area contributed by atoms with E-state index in [4.69, 9.17) is 9.40 Å². The van der Waals surface area contributed by atoms with E-state index in [1.807, 2.05) is 91.8 Å². The lowest BCUT2D eigenvalue weighted by Gasteiger charge is -2.22. The summed E-state index contributed by atoms with van der Waals surface area (Å²) in [6.45, 7) is 0.441. The lowest BCUT2D eigenvalue weighted by Crippen LogP contribution is -2.34. The summed E-state index contributed by atoms with van der Waals surface area (Å²) >= 11 is 0. The van der Waals surface area contributed by atoms with Crippen molar-refractivity contribution in [2.45, 2.75) is 6.04 Å². The number of pyridine rings is 1. The molecule has 0 bridgehead atoms. The van der Waals surface area contributed by atoms with E-state index in [9.17, 15) is 4.79 Å². The zero-order valence-corrected chi connectivity index (χ0v) is 16.5. The summed E-state index contributed by atoms with van der Waals surface area (Å²) in [5.74, 6) is 0.694. The molecule has 4 rings (SSSR count). The number of hydrogen-bond acceptors (Lipinski definition) is 4. The Morgan fingerprint density at radius 2 is 1.79 bits per heavy atom. The van der Waals surface area contributed by atoms with Gasteiger partial charge in [0.25, 0.3) is 5.91 Å². The van der Waals surface area contributed by atoms with Crippen molar-refractivity contribution in [1.29, 1.82) is 0 Å². The standard InChI is InChI=1S/C24H23N3O2/c1-27(2)22(23-13-8-14-29-23)16-25-24(28)19-15-21(17-9-4-3-5-10-17)26-20-12-7-6-11-18(19)20/h3-15,22H,16H2,1-2H3,(H,25,28). The molecular weight excluding hydrogens is 362 g/mol. The van der Waals surface area contributed by atoms with Gasteiger partial charge in [0.15, 0.2) is 0 Å². The van der Waals surface area contributed by atoms with Crippen molar-refractivity contribution < 1.29 is 9.21 Å². The number of nitrogens with zero attached hydrogens (tertiary/aromatic N) is 2. The first-order valence-electron chi connectivity index (χ1n) is 9.56. The third-order valence-corrected chi connectivity index (χ3v) is 4.98. The Morgan fingerprint density at radius 1 is 1.03 bits per heavy atom. The third kappa shape index (κ3) is 4.05. The first-order chi connectivity index (χ1) is 14.1. The maximum absolute atomic E-state index is 13.2. The maximum Gasteiger partial charge on any atom is 0.252 e. The van der Waals surface area contributed by atoms with E-state index in [0.717, 1.165) is 27.9 Å². The second-order valence-electron chi connectivity index (χ2n) is 7.14. The minimum absolute atomic E-state index is 0.0457. The summed E-state index contributed by atoms with van der Waals surface area (Å²) in [6.07, 6.45) is 1.65. The Hall–Kier alpha value is -3.44. The van der Waals surface area contributed by atoms with Crippen LogP contribution in [0, 0.1) is 0 Å². The molecule has 0 saturated carbocycles. The van der Waals surface area contributed by atoms with Crippen molar-refractivity contribution in [2.75, 3.05) is 20.6 Å². The van der Waals surface area contributed by atoms with Gasteiger partial charge in [-0.05, 0) is 38.4 Å². The minimum atomic E-state index is -0.126. The van der Waals surface area contributed by atoms with Gasteiger partial charge in [-0.2, -0.15) is 0 Å². The molecule has 2 heterocycles. The second kappa shape index (κ2) is 8.29. The van der Waals surface area contributed by atoms with Crippen molar-refractivity contribution in [1.82, 2.24) is 15.2 Å². The van der Waals surface area contributed by atoms with Gasteiger partial charge in [0.2, 0.25) is 0 Å². The summed E-state index contributed by atoms with van der Waals surface area (Å²) in [5.41, 5.74) is 3.18. The van der Waals surface area contributed by atoms with E-state index in [0.29, 0.717) is 12.1 Å². The predicted octanol–water partition coefficient (Wildman–Crippen LogP) is 4.53. The van der Waals surface area contributed by atoms with Crippen LogP contribution in [0.5, 0.6) is 0 Å². The van der Waals surface area contributed by atoms with Crippen LogP contribution in [0.4, 0.5) is 0 Å². The Bertz CT molecular complexity index is 1110. The van der Waals surface area contributed by atoms with Crippen LogP contribution < -0.4 is 5.32 Å². The van der Waals surface area contributed by atoms with Crippen molar-refractivity contribution in [3.05, 3.63) is 90.4 Å². The Kier molecular flexibility index (Phi) is 5.40. The number of hydrogen-bond donors (Lipinski definition) is 1. The quantitative estimate of drug-likeness (QED) is 0.530. The molecule has 5 nitrogen and oxygen atoms in total. The number of aromatic nitrogens is 1. The molecular formula is C24H23N3O2. The fourth-order valence-corrected chi connectivity index (χ4v) is 3.42. The highest BCUT2D eigenvalue weighted by Crippen LogP contribution is 2.25. The Morgan fingerprint density at radius 3 is 2.52 bits per heavy atom. The highest BCUT2D eigenvalue weighted by molar-refractivity contribution is 6.07. The molecule has 0 spiro atoms. The van der Waals surface area contributed by atoms with Crippen LogP contribution in [0.25, 0.3) is 22.2 Å². The Labute approximate surface area is 170 Å². The summed E-state index contributed by atoms with van der Waals surface area (Å²) in [7, 11) is 3.93. The molecule has 4 aromatic rings. The molecule has 0 aliphatic rings. The fraction of sp³-hybridized carbons (Fsp3) is 0.167. The van der Waals surface area contributed by atoms with E-state index in [1.54, 1.807) is 6.26 Å². The van der Waals surface area contributed by atoms with E-state index in [-0.39, 0.29) is 11.9 Å². The van der Waals surface area contributed by atoms with Gasteiger partial charge >= 0.3 is 0 Å². The number of likely N-dealkylation sites (N-methyl/N-ethyl adjacent to an activating group) is 1. The van der Waals surface area contributed by atoms with Crippen molar-refractivity contribution >= 4 is 16.8 Å². The van der Waals surface area contributed by atoms with Gasteiger partial charge in [0.05, 0.1) is 29.1 Å². The number of furan rings is 1. The average Bonchev–Trinajstić information content (AvgIpc) is 3.28. The predicted molar refractivity (Wildman–Crippen MR) is 115 cm³/mol. The average molecular weight is 385 g/mol. The van der Waals surface area contributed by atoms with Gasteiger partial charge in [-0.15, -0.1) is 0 Å². The Balaban J connectivity index is 1.66. The van der Waals surface area contributed by atoms with Gasteiger partial charge in [-0.1, -0.05) is 48.5 Å². The molecule has 2 aromatic carbocycles. The minimum Gasteiger partial charge on any atom is -0.468 e. The summed E-state index contributed by atoms with van der Waals surface area (Å²) in [5, 5.41) is 3.91. The number of carbonyl (C=O) groups excluding carboxylic acids is 1. The zero-order valence-electron chi connectivity index (χ0n) is 16.5. The molecule has 1 atom stereocenters. The molecule has 0 aliphatic heterocycles.